The number of nitrogens with zero attached hydrogens (tertiary/aromatic N) is 1. The van der Waals surface area contributed by atoms with Crippen molar-refractivity contribution in [2.45, 2.75) is 44.5 Å². The molecule has 1 atom stereocenters. The summed E-state index contributed by atoms with van der Waals surface area (Å²) >= 11 is 3.11. The largest absolute Gasteiger partial charge is 0.490 e. The highest BCUT2D eigenvalue weighted by atomic mass is 79.9. The summed E-state index contributed by atoms with van der Waals surface area (Å²) < 4.78 is 93.8. The van der Waals surface area contributed by atoms with Crippen LogP contribution in [0.4, 0.5) is 30.7 Å². The van der Waals surface area contributed by atoms with Crippen LogP contribution in [-0.4, -0.2) is 30.5 Å². The van der Waals surface area contributed by atoms with Gasteiger partial charge in [0.1, 0.15) is 5.75 Å². The maximum Gasteiger partial charge on any atom is 0.462 e. The Bertz CT molecular complexity index is 620. The van der Waals surface area contributed by atoms with Crippen LogP contribution in [0, 0.1) is 0 Å². The third kappa shape index (κ3) is 5.23. The molecule has 25 heavy (non-hydrogen) atoms. The summed E-state index contributed by atoms with van der Waals surface area (Å²) in [4.78, 5) is 0. The predicted molar refractivity (Wildman–Crippen MR) is 81.2 cm³/mol. The molecule has 142 valence electrons. The molecule has 0 amide bonds. The molecule has 0 spiro atoms. The average Bonchev–Trinajstić information content (AvgIpc) is 2.48. The number of ether oxygens (including phenoxy) is 1. The molecule has 0 heterocycles. The lowest BCUT2D eigenvalue weighted by Gasteiger charge is -2.27. The van der Waals surface area contributed by atoms with Crippen molar-refractivity contribution in [1.29, 1.82) is 0 Å². The Morgan fingerprint density at radius 1 is 1.20 bits per heavy atom. The molecule has 0 radical (unpaired) electrons. The lowest BCUT2D eigenvalue weighted by Crippen LogP contribution is -2.58. The van der Waals surface area contributed by atoms with Crippen LogP contribution >= 0.6 is 15.9 Å². The molecule has 0 aliphatic rings. The quantitative estimate of drug-likeness (QED) is 0.269. The molecule has 11 heteroatoms. The molecule has 3 nitrogen and oxygen atoms in total. The minimum Gasteiger partial charge on any atom is -0.490 e. The zero-order chi connectivity index (χ0) is 19.5. The average molecular weight is 439 g/mol. The van der Waals surface area contributed by atoms with Gasteiger partial charge < -0.3 is 4.74 Å². The van der Waals surface area contributed by atoms with E-state index in [1.165, 1.54) is 12.1 Å². The number of hydrazone groups is 1. The van der Waals surface area contributed by atoms with Crippen LogP contribution in [0.2, 0.25) is 0 Å². The summed E-state index contributed by atoms with van der Waals surface area (Å²) in [6.45, 7) is 3.57. The van der Waals surface area contributed by atoms with Crippen LogP contribution in [-0.2, 0) is 0 Å². The van der Waals surface area contributed by atoms with E-state index in [0.717, 1.165) is 0 Å². The highest BCUT2D eigenvalue weighted by Crippen LogP contribution is 2.45. The number of benzene rings is 1. The molecule has 0 fully saturated rings. The third-order valence-corrected chi connectivity index (χ3v) is 3.53. The van der Waals surface area contributed by atoms with E-state index in [1.807, 2.05) is 6.92 Å². The second kappa shape index (κ2) is 7.79. The number of halogens is 8. The summed E-state index contributed by atoms with van der Waals surface area (Å²) in [6.07, 6.45) is -5.37. The second-order valence-electron chi connectivity index (χ2n) is 5.04. The maximum absolute atomic E-state index is 13.1. The molecule has 1 N–H and O–H groups in total. The Morgan fingerprint density at radius 3 is 2.32 bits per heavy atom. The lowest BCUT2D eigenvalue weighted by molar-refractivity contribution is -0.361. The van der Waals surface area contributed by atoms with E-state index in [2.05, 4.69) is 21.0 Å². The first-order chi connectivity index (χ1) is 11.3. The summed E-state index contributed by atoms with van der Waals surface area (Å²) in [5.74, 6) is -6.08. The second-order valence-corrected chi connectivity index (χ2v) is 5.95. The van der Waals surface area contributed by atoms with Crippen LogP contribution < -0.4 is 10.2 Å². The van der Waals surface area contributed by atoms with E-state index >= 15 is 0 Å². The predicted octanol–water partition coefficient (Wildman–Crippen LogP) is 5.34. The topological polar surface area (TPSA) is 33.6 Å². The number of alkyl halides is 7. The smallest absolute Gasteiger partial charge is 0.462 e. The van der Waals surface area contributed by atoms with Crippen molar-refractivity contribution in [3.05, 3.63) is 28.2 Å². The maximum atomic E-state index is 13.1. The zero-order valence-corrected chi connectivity index (χ0v) is 14.6. The fraction of sp³-hybridized carbons (Fsp3) is 0.500. The van der Waals surface area contributed by atoms with Crippen molar-refractivity contribution in [2.75, 3.05) is 0 Å². The van der Waals surface area contributed by atoms with Gasteiger partial charge in [0.05, 0.1) is 12.3 Å². The molecule has 0 aliphatic carbocycles. The number of hydrogen-bond acceptors (Lipinski definition) is 3. The van der Waals surface area contributed by atoms with Crippen molar-refractivity contribution in [3.8, 4) is 5.75 Å². The molecule has 1 aromatic rings. The first-order valence-corrected chi connectivity index (χ1v) is 7.70. The summed E-state index contributed by atoms with van der Waals surface area (Å²) in [7, 11) is 0. The highest BCUT2D eigenvalue weighted by Gasteiger charge is 2.73. The molecule has 0 aliphatic heterocycles. The molecule has 0 unspecified atom stereocenters. The van der Waals surface area contributed by atoms with E-state index < -0.39 is 18.1 Å². The molecule has 0 aromatic heterocycles. The Kier molecular flexibility index (Phi) is 6.71. The van der Waals surface area contributed by atoms with Gasteiger partial charge in [0.2, 0.25) is 0 Å². The van der Waals surface area contributed by atoms with Crippen LogP contribution in [0.3, 0.4) is 0 Å². The van der Waals surface area contributed by atoms with Gasteiger partial charge in [0, 0.05) is 10.0 Å². The van der Waals surface area contributed by atoms with E-state index in [4.69, 9.17) is 4.74 Å². The molecule has 0 saturated carbocycles. The van der Waals surface area contributed by atoms with Gasteiger partial charge in [-0.2, -0.15) is 35.8 Å². The summed E-state index contributed by atoms with van der Waals surface area (Å²) in [5, 5.41) is 2.82. The standard InChI is InChI=1S/C14H14BrF7N2O/c1-3-8(2)25-11-5-4-10(15)6-9(11)7-23-24-14(21,22)12(16,17)13(18,19)20/h4-8,24H,3H2,1-2H3/b23-7-/t8-/m1/s1. The first kappa shape index (κ1) is 21.5. The van der Waals surface area contributed by atoms with Gasteiger partial charge in [0.25, 0.3) is 0 Å². The Labute approximate surface area is 147 Å². The Hall–Kier alpha value is -1.52. The minimum absolute atomic E-state index is 0.105. The number of rotatable bonds is 7. The molecular weight excluding hydrogens is 425 g/mol. The van der Waals surface area contributed by atoms with Crippen molar-refractivity contribution in [2.24, 2.45) is 5.10 Å². The van der Waals surface area contributed by atoms with Crippen molar-refractivity contribution in [1.82, 2.24) is 5.43 Å². The van der Waals surface area contributed by atoms with Gasteiger partial charge in [-0.1, -0.05) is 22.9 Å². The van der Waals surface area contributed by atoms with Crippen molar-refractivity contribution < 1.29 is 35.5 Å². The lowest BCUT2D eigenvalue weighted by atomic mass is 10.2. The van der Waals surface area contributed by atoms with Gasteiger partial charge >= 0.3 is 18.1 Å². The van der Waals surface area contributed by atoms with Crippen molar-refractivity contribution in [3.63, 3.8) is 0 Å². The van der Waals surface area contributed by atoms with Crippen molar-refractivity contribution >= 4 is 22.1 Å². The molecule has 1 aromatic carbocycles. The van der Waals surface area contributed by atoms with Crippen LogP contribution in [0.15, 0.2) is 27.8 Å². The van der Waals surface area contributed by atoms with Gasteiger partial charge in [0.15, 0.2) is 0 Å². The van der Waals surface area contributed by atoms with E-state index in [0.29, 0.717) is 22.5 Å². The number of hydrogen-bond donors (Lipinski definition) is 1. The monoisotopic (exact) mass is 438 g/mol. The van der Waals surface area contributed by atoms with Gasteiger partial charge in [-0.25, -0.2) is 5.43 Å². The van der Waals surface area contributed by atoms with E-state index in [1.54, 1.807) is 13.0 Å². The van der Waals surface area contributed by atoms with Crippen LogP contribution in [0.5, 0.6) is 5.75 Å². The third-order valence-electron chi connectivity index (χ3n) is 3.03. The zero-order valence-electron chi connectivity index (χ0n) is 13.0. The van der Waals surface area contributed by atoms with Crippen LogP contribution in [0.1, 0.15) is 25.8 Å². The fourth-order valence-electron chi connectivity index (χ4n) is 1.46. The fourth-order valence-corrected chi connectivity index (χ4v) is 1.84. The molecule has 1 rings (SSSR count). The number of nitrogens with one attached hydrogen (secondary N) is 1. The van der Waals surface area contributed by atoms with E-state index in [9.17, 15) is 30.7 Å². The molecule has 0 saturated heterocycles. The first-order valence-electron chi connectivity index (χ1n) is 6.90. The van der Waals surface area contributed by atoms with E-state index in [-0.39, 0.29) is 17.4 Å². The van der Waals surface area contributed by atoms with Gasteiger partial charge in [-0.3, -0.25) is 0 Å². The minimum atomic E-state index is -6.43. The van der Waals surface area contributed by atoms with Crippen LogP contribution in [0.25, 0.3) is 0 Å². The summed E-state index contributed by atoms with van der Waals surface area (Å²) in [6, 6.07) is -1.19. The summed E-state index contributed by atoms with van der Waals surface area (Å²) in [5.41, 5.74) is 0.668. The van der Waals surface area contributed by atoms with Gasteiger partial charge in [-0.15, -0.1) is 0 Å². The Balaban J connectivity index is 3.01. The normalized spacial score (nSPS) is 14.6. The molecular formula is C14H14BrF7N2O. The van der Waals surface area contributed by atoms with Gasteiger partial charge in [-0.05, 0) is 31.5 Å². The molecule has 0 bridgehead atoms. The highest BCUT2D eigenvalue weighted by molar-refractivity contribution is 9.10. The Morgan fingerprint density at radius 2 is 1.80 bits per heavy atom. The SMILES string of the molecule is CC[C@@H](C)Oc1ccc(Br)cc1/C=N\NC(F)(F)C(F)(F)C(F)(F)F.